The minimum absolute atomic E-state index is 0.0698. The molecular formula is C19H25FO4. The van der Waals surface area contributed by atoms with Crippen LogP contribution in [0.5, 0.6) is 0 Å². The van der Waals surface area contributed by atoms with Crippen LogP contribution in [0, 0.1) is 5.92 Å². The normalized spacial score (nSPS) is 18.4. The summed E-state index contributed by atoms with van der Waals surface area (Å²) in [6, 6.07) is 6.65. The zero-order valence-electron chi connectivity index (χ0n) is 14.9. The third kappa shape index (κ3) is 4.13. The van der Waals surface area contributed by atoms with Gasteiger partial charge in [-0.2, -0.15) is 0 Å². The SMILES string of the molecule is COC(=O)c1cccc([C@H](C2CC2)[C@@](C)(F)C(=O)OC(C)(C)C)c1. The Morgan fingerprint density at radius 1 is 1.21 bits per heavy atom. The van der Waals surface area contributed by atoms with Crippen molar-refractivity contribution in [3.63, 3.8) is 0 Å². The standard InChI is InChI=1S/C19H25FO4/c1-18(2,3)24-17(22)19(4,20)15(12-9-10-12)13-7-6-8-14(11-13)16(21)23-5/h6-8,11-12,15H,9-10H2,1-5H3/t15-,19+/m0/s1. The third-order valence-corrected chi connectivity index (χ3v) is 4.14. The molecule has 1 aromatic carbocycles. The van der Waals surface area contributed by atoms with Gasteiger partial charge in [0.05, 0.1) is 12.7 Å². The molecule has 1 aliphatic carbocycles. The van der Waals surface area contributed by atoms with E-state index in [9.17, 15) is 9.59 Å². The second-order valence-electron chi connectivity index (χ2n) is 7.51. The Bertz CT molecular complexity index is 626. The Labute approximate surface area is 142 Å². The number of carbonyl (C=O) groups is 2. The lowest BCUT2D eigenvalue weighted by Gasteiger charge is -2.32. The molecule has 0 amide bonds. The summed E-state index contributed by atoms with van der Waals surface area (Å²) < 4.78 is 25.5. The molecule has 24 heavy (non-hydrogen) atoms. The van der Waals surface area contributed by atoms with Crippen molar-refractivity contribution in [3.05, 3.63) is 35.4 Å². The van der Waals surface area contributed by atoms with E-state index < -0.39 is 29.1 Å². The fourth-order valence-corrected chi connectivity index (χ4v) is 2.94. The molecule has 132 valence electrons. The molecule has 0 saturated heterocycles. The van der Waals surface area contributed by atoms with Crippen molar-refractivity contribution in [2.24, 2.45) is 5.92 Å². The predicted octanol–water partition coefficient (Wildman–Crippen LogP) is 4.04. The van der Waals surface area contributed by atoms with E-state index in [1.54, 1.807) is 45.0 Å². The average molecular weight is 336 g/mol. The molecule has 0 N–H and O–H groups in total. The first-order chi connectivity index (χ1) is 11.1. The summed E-state index contributed by atoms with van der Waals surface area (Å²) in [5, 5.41) is 0. The zero-order valence-corrected chi connectivity index (χ0v) is 14.9. The van der Waals surface area contributed by atoms with Crippen LogP contribution in [-0.4, -0.2) is 30.3 Å². The quantitative estimate of drug-likeness (QED) is 0.762. The molecular weight excluding hydrogens is 311 g/mol. The van der Waals surface area contributed by atoms with Crippen LogP contribution >= 0.6 is 0 Å². The molecule has 0 heterocycles. The number of benzene rings is 1. The molecule has 0 unspecified atom stereocenters. The van der Waals surface area contributed by atoms with Gasteiger partial charge in [-0.25, -0.2) is 14.0 Å². The largest absolute Gasteiger partial charge is 0.465 e. The van der Waals surface area contributed by atoms with Gasteiger partial charge in [0.1, 0.15) is 5.60 Å². The summed E-state index contributed by atoms with van der Waals surface area (Å²) in [6.45, 7) is 6.41. The van der Waals surface area contributed by atoms with Gasteiger partial charge in [-0.1, -0.05) is 12.1 Å². The van der Waals surface area contributed by atoms with E-state index in [4.69, 9.17) is 9.47 Å². The van der Waals surface area contributed by atoms with Gasteiger partial charge in [0.25, 0.3) is 0 Å². The van der Waals surface area contributed by atoms with Crippen molar-refractivity contribution in [3.8, 4) is 0 Å². The van der Waals surface area contributed by atoms with Gasteiger partial charge in [-0.05, 0) is 64.2 Å². The summed E-state index contributed by atoms with van der Waals surface area (Å²) in [5.74, 6) is -1.92. The number of alkyl halides is 1. The fraction of sp³-hybridized carbons (Fsp3) is 0.579. The van der Waals surface area contributed by atoms with E-state index in [-0.39, 0.29) is 5.92 Å². The molecule has 0 aromatic heterocycles. The van der Waals surface area contributed by atoms with Crippen molar-refractivity contribution in [2.45, 2.75) is 57.7 Å². The topological polar surface area (TPSA) is 52.6 Å². The van der Waals surface area contributed by atoms with Crippen molar-refractivity contribution in [2.75, 3.05) is 7.11 Å². The van der Waals surface area contributed by atoms with Crippen LogP contribution in [0.3, 0.4) is 0 Å². The Morgan fingerprint density at radius 3 is 2.33 bits per heavy atom. The minimum atomic E-state index is -2.16. The Balaban J connectivity index is 2.36. The maximum Gasteiger partial charge on any atom is 0.344 e. The summed E-state index contributed by atoms with van der Waals surface area (Å²) in [7, 11) is 1.30. The molecule has 1 fully saturated rings. The van der Waals surface area contributed by atoms with Crippen molar-refractivity contribution >= 4 is 11.9 Å². The molecule has 1 aliphatic rings. The lowest BCUT2D eigenvalue weighted by Crippen LogP contribution is -2.43. The highest BCUT2D eigenvalue weighted by molar-refractivity contribution is 5.89. The van der Waals surface area contributed by atoms with E-state index in [1.165, 1.54) is 14.0 Å². The molecule has 0 aliphatic heterocycles. The van der Waals surface area contributed by atoms with Crippen LogP contribution in [0.15, 0.2) is 24.3 Å². The maximum atomic E-state index is 15.5. The van der Waals surface area contributed by atoms with Gasteiger partial charge >= 0.3 is 11.9 Å². The second-order valence-corrected chi connectivity index (χ2v) is 7.51. The highest BCUT2D eigenvalue weighted by Crippen LogP contribution is 2.50. The first kappa shape index (κ1) is 18.4. The monoisotopic (exact) mass is 336 g/mol. The predicted molar refractivity (Wildman–Crippen MR) is 88.6 cm³/mol. The molecule has 4 nitrogen and oxygen atoms in total. The lowest BCUT2D eigenvalue weighted by atomic mass is 9.80. The number of methoxy groups -OCH3 is 1. The Hall–Kier alpha value is -1.91. The Morgan fingerprint density at radius 2 is 1.83 bits per heavy atom. The molecule has 0 bridgehead atoms. The van der Waals surface area contributed by atoms with Gasteiger partial charge in [0, 0.05) is 5.92 Å². The molecule has 0 spiro atoms. The van der Waals surface area contributed by atoms with Crippen molar-refractivity contribution < 1.29 is 23.5 Å². The molecule has 2 rings (SSSR count). The molecule has 1 saturated carbocycles. The van der Waals surface area contributed by atoms with Crippen molar-refractivity contribution in [1.82, 2.24) is 0 Å². The lowest BCUT2D eigenvalue weighted by molar-refractivity contribution is -0.170. The van der Waals surface area contributed by atoms with Crippen molar-refractivity contribution in [1.29, 1.82) is 0 Å². The van der Waals surface area contributed by atoms with Crippen LogP contribution in [0.1, 0.15) is 62.4 Å². The number of halogens is 1. The Kier molecular flexibility index (Phi) is 5.02. The third-order valence-electron chi connectivity index (χ3n) is 4.14. The summed E-state index contributed by atoms with van der Waals surface area (Å²) in [6.07, 6.45) is 1.71. The van der Waals surface area contributed by atoms with E-state index >= 15 is 4.39 Å². The number of ether oxygens (including phenoxy) is 2. The number of hydrogen-bond donors (Lipinski definition) is 0. The summed E-state index contributed by atoms with van der Waals surface area (Å²) >= 11 is 0. The first-order valence-corrected chi connectivity index (χ1v) is 8.17. The zero-order chi connectivity index (χ0) is 18.1. The summed E-state index contributed by atoms with van der Waals surface area (Å²) in [4.78, 5) is 24.2. The fourth-order valence-electron chi connectivity index (χ4n) is 2.94. The second kappa shape index (κ2) is 6.54. The minimum Gasteiger partial charge on any atom is -0.465 e. The number of hydrogen-bond acceptors (Lipinski definition) is 4. The smallest absolute Gasteiger partial charge is 0.344 e. The van der Waals surface area contributed by atoms with Gasteiger partial charge in [0.2, 0.25) is 5.67 Å². The van der Waals surface area contributed by atoms with E-state index in [0.29, 0.717) is 11.1 Å². The highest BCUT2D eigenvalue weighted by atomic mass is 19.1. The molecule has 1 aromatic rings. The van der Waals surface area contributed by atoms with E-state index in [1.807, 2.05) is 0 Å². The van der Waals surface area contributed by atoms with Gasteiger partial charge < -0.3 is 9.47 Å². The van der Waals surface area contributed by atoms with E-state index in [2.05, 4.69) is 0 Å². The highest BCUT2D eigenvalue weighted by Gasteiger charge is 2.51. The van der Waals surface area contributed by atoms with Gasteiger partial charge in [0.15, 0.2) is 0 Å². The maximum absolute atomic E-state index is 15.5. The first-order valence-electron chi connectivity index (χ1n) is 8.17. The number of rotatable bonds is 5. The molecule has 2 atom stereocenters. The molecule has 5 heteroatoms. The van der Waals surface area contributed by atoms with Crippen LogP contribution in [0.4, 0.5) is 4.39 Å². The average Bonchev–Trinajstić information content (AvgIpc) is 3.29. The van der Waals surface area contributed by atoms with Crippen LogP contribution in [0.25, 0.3) is 0 Å². The summed E-state index contributed by atoms with van der Waals surface area (Å²) in [5.41, 5.74) is -1.95. The molecule has 0 radical (unpaired) electrons. The van der Waals surface area contributed by atoms with Gasteiger partial charge in [-0.3, -0.25) is 0 Å². The van der Waals surface area contributed by atoms with Gasteiger partial charge in [-0.15, -0.1) is 0 Å². The number of esters is 2. The van der Waals surface area contributed by atoms with Crippen LogP contribution in [0.2, 0.25) is 0 Å². The van der Waals surface area contributed by atoms with Crippen LogP contribution < -0.4 is 0 Å². The van der Waals surface area contributed by atoms with Crippen LogP contribution in [-0.2, 0) is 14.3 Å². The van der Waals surface area contributed by atoms with E-state index in [0.717, 1.165) is 12.8 Å². The number of carbonyl (C=O) groups excluding carboxylic acids is 2.